The molecule has 2 aromatic rings. The maximum Gasteiger partial charge on any atom is 0.0931 e. The SMILES string of the molecule is CCc1cc(CC)n(-c2ccc([C@@H](C)O)nc2)n1. The predicted molar refractivity (Wildman–Crippen MR) is 70.7 cm³/mol. The number of pyridine rings is 1. The number of nitrogens with zero attached hydrogens (tertiary/aromatic N) is 3. The van der Waals surface area contributed by atoms with Crippen molar-refractivity contribution in [2.24, 2.45) is 0 Å². The third-order valence-corrected chi connectivity index (χ3v) is 3.00. The Morgan fingerprint density at radius 1 is 1.28 bits per heavy atom. The Morgan fingerprint density at radius 3 is 2.56 bits per heavy atom. The van der Waals surface area contributed by atoms with E-state index in [1.807, 2.05) is 16.8 Å². The van der Waals surface area contributed by atoms with Crippen molar-refractivity contribution < 1.29 is 5.11 Å². The van der Waals surface area contributed by atoms with E-state index in [2.05, 4.69) is 30.0 Å². The minimum Gasteiger partial charge on any atom is -0.387 e. The number of aromatic nitrogens is 3. The van der Waals surface area contributed by atoms with Gasteiger partial charge >= 0.3 is 0 Å². The van der Waals surface area contributed by atoms with E-state index in [9.17, 15) is 5.11 Å². The minimum atomic E-state index is -0.534. The van der Waals surface area contributed by atoms with E-state index in [4.69, 9.17) is 0 Å². The molecule has 0 aromatic carbocycles. The third kappa shape index (κ3) is 2.43. The lowest BCUT2D eigenvalue weighted by Crippen LogP contribution is -2.03. The fourth-order valence-electron chi connectivity index (χ4n) is 1.89. The van der Waals surface area contributed by atoms with Crippen LogP contribution in [0.1, 0.15) is 44.0 Å². The molecular weight excluding hydrogens is 226 g/mol. The van der Waals surface area contributed by atoms with Crippen molar-refractivity contribution in [2.45, 2.75) is 39.7 Å². The van der Waals surface area contributed by atoms with Crippen LogP contribution in [0, 0.1) is 0 Å². The van der Waals surface area contributed by atoms with E-state index in [-0.39, 0.29) is 0 Å². The molecule has 0 aliphatic carbocycles. The summed E-state index contributed by atoms with van der Waals surface area (Å²) in [5.41, 5.74) is 3.89. The Balaban J connectivity index is 2.38. The van der Waals surface area contributed by atoms with Crippen LogP contribution in [0.3, 0.4) is 0 Å². The summed E-state index contributed by atoms with van der Waals surface area (Å²) in [5, 5.41) is 14.0. The van der Waals surface area contributed by atoms with Crippen LogP contribution in [0.5, 0.6) is 0 Å². The molecule has 1 N–H and O–H groups in total. The first kappa shape index (κ1) is 12.8. The normalized spacial score (nSPS) is 12.7. The molecule has 0 saturated carbocycles. The fourth-order valence-corrected chi connectivity index (χ4v) is 1.89. The van der Waals surface area contributed by atoms with Crippen LogP contribution >= 0.6 is 0 Å². The Morgan fingerprint density at radius 2 is 2.06 bits per heavy atom. The highest BCUT2D eigenvalue weighted by atomic mass is 16.3. The Kier molecular flexibility index (Phi) is 3.77. The van der Waals surface area contributed by atoms with Gasteiger partial charge in [0.15, 0.2) is 0 Å². The van der Waals surface area contributed by atoms with Crippen LogP contribution in [0.4, 0.5) is 0 Å². The van der Waals surface area contributed by atoms with Gasteiger partial charge in [-0.25, -0.2) is 4.68 Å². The first-order valence-electron chi connectivity index (χ1n) is 6.37. The van der Waals surface area contributed by atoms with Crippen molar-refractivity contribution in [3.63, 3.8) is 0 Å². The van der Waals surface area contributed by atoms with Crippen LogP contribution in [-0.2, 0) is 12.8 Å². The molecule has 1 atom stereocenters. The van der Waals surface area contributed by atoms with Crippen molar-refractivity contribution >= 4 is 0 Å². The van der Waals surface area contributed by atoms with E-state index in [0.717, 1.165) is 24.2 Å². The van der Waals surface area contributed by atoms with Gasteiger partial charge in [0.2, 0.25) is 0 Å². The number of aliphatic hydroxyl groups excluding tert-OH is 1. The second-order valence-electron chi connectivity index (χ2n) is 4.36. The molecule has 0 amide bonds. The zero-order chi connectivity index (χ0) is 13.1. The first-order chi connectivity index (χ1) is 8.65. The Hall–Kier alpha value is -1.68. The molecule has 0 aliphatic heterocycles. The van der Waals surface area contributed by atoms with E-state index in [1.54, 1.807) is 13.1 Å². The topological polar surface area (TPSA) is 50.9 Å². The van der Waals surface area contributed by atoms with Crippen molar-refractivity contribution in [2.75, 3.05) is 0 Å². The molecule has 96 valence electrons. The van der Waals surface area contributed by atoms with Crippen molar-refractivity contribution in [3.05, 3.63) is 41.5 Å². The summed E-state index contributed by atoms with van der Waals surface area (Å²) in [4.78, 5) is 4.25. The van der Waals surface area contributed by atoms with Gasteiger partial charge in [-0.15, -0.1) is 0 Å². The van der Waals surface area contributed by atoms with Crippen LogP contribution < -0.4 is 0 Å². The molecule has 0 fully saturated rings. The quantitative estimate of drug-likeness (QED) is 0.900. The van der Waals surface area contributed by atoms with Gasteiger partial charge in [0.1, 0.15) is 0 Å². The number of aryl methyl sites for hydroxylation is 2. The molecular formula is C14H19N3O. The molecule has 4 nitrogen and oxygen atoms in total. The first-order valence-corrected chi connectivity index (χ1v) is 6.37. The van der Waals surface area contributed by atoms with Crippen LogP contribution in [0.2, 0.25) is 0 Å². The van der Waals surface area contributed by atoms with Gasteiger partial charge in [-0.2, -0.15) is 5.10 Å². The lowest BCUT2D eigenvalue weighted by molar-refractivity contribution is 0.194. The van der Waals surface area contributed by atoms with Gasteiger partial charge in [-0.3, -0.25) is 4.98 Å². The summed E-state index contributed by atoms with van der Waals surface area (Å²) < 4.78 is 1.93. The van der Waals surface area contributed by atoms with Crippen molar-refractivity contribution in [1.82, 2.24) is 14.8 Å². The highest BCUT2D eigenvalue weighted by Crippen LogP contribution is 2.15. The van der Waals surface area contributed by atoms with E-state index >= 15 is 0 Å². The van der Waals surface area contributed by atoms with E-state index in [1.165, 1.54) is 5.69 Å². The zero-order valence-electron chi connectivity index (χ0n) is 11.1. The van der Waals surface area contributed by atoms with Crippen LogP contribution in [-0.4, -0.2) is 19.9 Å². The molecule has 2 heterocycles. The molecule has 18 heavy (non-hydrogen) atoms. The van der Waals surface area contributed by atoms with Crippen LogP contribution in [0.15, 0.2) is 24.4 Å². The second kappa shape index (κ2) is 5.31. The average Bonchev–Trinajstić information content (AvgIpc) is 2.82. The van der Waals surface area contributed by atoms with Crippen molar-refractivity contribution in [1.29, 1.82) is 0 Å². The summed E-state index contributed by atoms with van der Waals surface area (Å²) in [6, 6.07) is 5.91. The fraction of sp³-hybridized carbons (Fsp3) is 0.429. The molecule has 0 bridgehead atoms. The molecule has 0 unspecified atom stereocenters. The molecule has 0 aliphatic rings. The maximum absolute atomic E-state index is 9.44. The third-order valence-electron chi connectivity index (χ3n) is 3.00. The molecule has 4 heteroatoms. The molecule has 0 spiro atoms. The zero-order valence-corrected chi connectivity index (χ0v) is 11.1. The van der Waals surface area contributed by atoms with E-state index in [0.29, 0.717) is 5.69 Å². The van der Waals surface area contributed by atoms with Gasteiger partial charge in [-0.1, -0.05) is 13.8 Å². The van der Waals surface area contributed by atoms with Gasteiger partial charge in [0.05, 0.1) is 29.4 Å². The number of hydrogen-bond donors (Lipinski definition) is 1. The van der Waals surface area contributed by atoms with Crippen molar-refractivity contribution in [3.8, 4) is 5.69 Å². The Bertz CT molecular complexity index is 514. The Labute approximate surface area is 107 Å². The largest absolute Gasteiger partial charge is 0.387 e. The van der Waals surface area contributed by atoms with E-state index < -0.39 is 6.10 Å². The average molecular weight is 245 g/mol. The minimum absolute atomic E-state index is 0.534. The highest BCUT2D eigenvalue weighted by molar-refractivity contribution is 5.32. The second-order valence-corrected chi connectivity index (χ2v) is 4.36. The van der Waals surface area contributed by atoms with Gasteiger partial charge in [0, 0.05) is 5.69 Å². The number of aliphatic hydroxyl groups is 1. The molecule has 0 radical (unpaired) electrons. The number of hydrogen-bond acceptors (Lipinski definition) is 3. The van der Waals surface area contributed by atoms with Gasteiger partial charge < -0.3 is 5.11 Å². The summed E-state index contributed by atoms with van der Waals surface area (Å²) in [6.45, 7) is 5.92. The number of rotatable bonds is 4. The van der Waals surface area contributed by atoms with Gasteiger partial charge in [0.25, 0.3) is 0 Å². The monoisotopic (exact) mass is 245 g/mol. The maximum atomic E-state index is 9.44. The smallest absolute Gasteiger partial charge is 0.0931 e. The summed E-state index contributed by atoms with van der Waals surface area (Å²) in [7, 11) is 0. The summed E-state index contributed by atoms with van der Waals surface area (Å²) in [5.74, 6) is 0. The van der Waals surface area contributed by atoms with Gasteiger partial charge in [-0.05, 0) is 38.0 Å². The standard InChI is InChI=1S/C14H19N3O/c1-4-11-8-12(5-2)17(16-11)13-6-7-14(10(3)18)15-9-13/h6-10,18H,4-5H2,1-3H3/t10-/m1/s1. The lowest BCUT2D eigenvalue weighted by Gasteiger charge is -2.07. The summed E-state index contributed by atoms with van der Waals surface area (Å²) >= 11 is 0. The predicted octanol–water partition coefficient (Wildman–Crippen LogP) is 2.45. The molecule has 2 aromatic heterocycles. The molecule has 0 saturated heterocycles. The highest BCUT2D eigenvalue weighted by Gasteiger charge is 2.08. The van der Waals surface area contributed by atoms with Crippen LogP contribution in [0.25, 0.3) is 5.69 Å². The lowest BCUT2D eigenvalue weighted by atomic mass is 10.2. The molecule has 2 rings (SSSR count). The summed E-state index contributed by atoms with van der Waals surface area (Å²) in [6.07, 6.45) is 3.09.